The second-order valence-electron chi connectivity index (χ2n) is 8.13. The van der Waals surface area contributed by atoms with Crippen molar-refractivity contribution in [3.05, 3.63) is 24.3 Å². The molecular weight excluding hydrogens is 324 g/mol. The van der Waals surface area contributed by atoms with E-state index in [1.165, 1.54) is 56.9 Å². The number of rotatable bonds is 14. The molecule has 0 aliphatic carbocycles. The van der Waals surface area contributed by atoms with Gasteiger partial charge in [0.2, 0.25) is 0 Å². The van der Waals surface area contributed by atoms with E-state index in [0.717, 1.165) is 30.3 Å². The van der Waals surface area contributed by atoms with E-state index in [4.69, 9.17) is 10.2 Å². The monoisotopic (exact) mass is 368 g/mol. The van der Waals surface area contributed by atoms with E-state index in [9.17, 15) is 4.79 Å². The average Bonchev–Trinajstić information content (AvgIpc) is 2.55. The molecule has 0 aliphatic heterocycles. The molecule has 0 aromatic rings. The third-order valence-electron chi connectivity index (χ3n) is 4.75. The molecule has 0 aromatic carbocycles. The molecule has 0 radical (unpaired) electrons. The maximum Gasteiger partial charge on any atom is 0.327 e. The first-order valence-electron chi connectivity index (χ1n) is 10.3. The Bertz CT molecular complexity index is 372. The molecule has 0 rings (SSSR count). The SMILES string of the molecule is C=CC(=O)O.CC(=CCO)CCCC(C)CCCC(C)CCCC(C)C. The molecule has 0 aliphatic rings. The lowest BCUT2D eigenvalue weighted by atomic mass is 9.91. The number of carbonyl (C=O) groups is 1. The van der Waals surface area contributed by atoms with Crippen LogP contribution in [0.5, 0.6) is 0 Å². The molecular formula is C23H44O3. The van der Waals surface area contributed by atoms with Gasteiger partial charge in [-0.05, 0) is 37.5 Å². The summed E-state index contributed by atoms with van der Waals surface area (Å²) < 4.78 is 0. The molecule has 0 aromatic heterocycles. The maximum absolute atomic E-state index is 9.25. The summed E-state index contributed by atoms with van der Waals surface area (Å²) >= 11 is 0. The number of aliphatic hydroxyl groups excluding tert-OH is 1. The third-order valence-corrected chi connectivity index (χ3v) is 4.75. The lowest BCUT2D eigenvalue weighted by Gasteiger charge is -2.15. The van der Waals surface area contributed by atoms with Gasteiger partial charge < -0.3 is 10.2 Å². The van der Waals surface area contributed by atoms with Crippen molar-refractivity contribution in [2.75, 3.05) is 6.61 Å². The summed E-state index contributed by atoms with van der Waals surface area (Å²) in [6, 6.07) is 0. The van der Waals surface area contributed by atoms with Crippen LogP contribution in [-0.2, 0) is 4.79 Å². The summed E-state index contributed by atoms with van der Waals surface area (Å²) in [7, 11) is 0. The Morgan fingerprint density at radius 2 is 1.35 bits per heavy atom. The number of aliphatic carboxylic acids is 1. The normalized spacial score (nSPS) is 13.7. The van der Waals surface area contributed by atoms with Gasteiger partial charge in [-0.15, -0.1) is 0 Å². The van der Waals surface area contributed by atoms with E-state index in [-0.39, 0.29) is 6.61 Å². The molecule has 3 heteroatoms. The van der Waals surface area contributed by atoms with E-state index in [2.05, 4.69) is 41.2 Å². The number of aliphatic hydroxyl groups is 1. The molecule has 154 valence electrons. The van der Waals surface area contributed by atoms with Gasteiger partial charge in [-0.3, -0.25) is 0 Å². The Kier molecular flexibility index (Phi) is 19.5. The predicted octanol–water partition coefficient (Wildman–Crippen LogP) is 6.62. The van der Waals surface area contributed by atoms with Gasteiger partial charge in [0.1, 0.15) is 0 Å². The molecule has 0 bridgehead atoms. The first-order valence-corrected chi connectivity index (χ1v) is 10.3. The van der Waals surface area contributed by atoms with Gasteiger partial charge >= 0.3 is 5.97 Å². The van der Waals surface area contributed by atoms with Crippen molar-refractivity contribution in [1.29, 1.82) is 0 Å². The van der Waals surface area contributed by atoms with E-state index in [0.29, 0.717) is 0 Å². The van der Waals surface area contributed by atoms with Crippen LogP contribution < -0.4 is 0 Å². The van der Waals surface area contributed by atoms with Crippen molar-refractivity contribution in [3.8, 4) is 0 Å². The van der Waals surface area contributed by atoms with Crippen LogP contribution in [0.4, 0.5) is 0 Å². The molecule has 0 saturated carbocycles. The Morgan fingerprint density at radius 1 is 0.923 bits per heavy atom. The van der Waals surface area contributed by atoms with Crippen LogP contribution >= 0.6 is 0 Å². The van der Waals surface area contributed by atoms with E-state index in [1.807, 2.05) is 6.08 Å². The third kappa shape index (κ3) is 22.9. The number of carboxylic acid groups (broad SMARTS) is 1. The summed E-state index contributed by atoms with van der Waals surface area (Å²) in [5.74, 6) is 1.64. The predicted molar refractivity (Wildman–Crippen MR) is 113 cm³/mol. The highest BCUT2D eigenvalue weighted by Gasteiger charge is 2.06. The topological polar surface area (TPSA) is 57.5 Å². The summed E-state index contributed by atoms with van der Waals surface area (Å²) in [5.41, 5.74) is 1.34. The molecule has 0 fully saturated rings. The Labute approximate surface area is 162 Å². The fraction of sp³-hybridized carbons (Fsp3) is 0.783. The number of carboxylic acids is 1. The fourth-order valence-corrected chi connectivity index (χ4v) is 2.97. The van der Waals surface area contributed by atoms with Crippen LogP contribution in [0.15, 0.2) is 24.3 Å². The van der Waals surface area contributed by atoms with Gasteiger partial charge in [0.25, 0.3) is 0 Å². The first-order chi connectivity index (χ1) is 12.2. The van der Waals surface area contributed by atoms with Gasteiger partial charge in [-0.25, -0.2) is 4.79 Å². The second kappa shape index (κ2) is 18.7. The summed E-state index contributed by atoms with van der Waals surface area (Å²) in [5, 5.41) is 16.4. The zero-order chi connectivity index (χ0) is 20.4. The highest BCUT2D eigenvalue weighted by atomic mass is 16.4. The standard InChI is InChI=1S/C20H40O.C3H4O2/c1-17(2)9-6-10-18(3)11-7-12-19(4)13-8-14-20(5)15-16-21;1-2-3(4)5/h15,17-19,21H,6-14,16H2,1-5H3;2H,1H2,(H,4,5). The molecule has 0 spiro atoms. The van der Waals surface area contributed by atoms with Crippen molar-refractivity contribution in [1.82, 2.24) is 0 Å². The van der Waals surface area contributed by atoms with Crippen molar-refractivity contribution < 1.29 is 15.0 Å². The van der Waals surface area contributed by atoms with E-state index < -0.39 is 5.97 Å². The zero-order valence-corrected chi connectivity index (χ0v) is 18.0. The maximum atomic E-state index is 9.25. The van der Waals surface area contributed by atoms with Crippen molar-refractivity contribution in [2.45, 2.75) is 92.4 Å². The Morgan fingerprint density at radius 3 is 1.73 bits per heavy atom. The summed E-state index contributed by atoms with van der Waals surface area (Å²) in [6.07, 6.45) is 14.9. The largest absolute Gasteiger partial charge is 0.478 e. The summed E-state index contributed by atoms with van der Waals surface area (Å²) in [4.78, 5) is 9.25. The molecule has 0 amide bonds. The fourth-order valence-electron chi connectivity index (χ4n) is 2.97. The molecule has 26 heavy (non-hydrogen) atoms. The van der Waals surface area contributed by atoms with Gasteiger partial charge in [0.05, 0.1) is 6.61 Å². The zero-order valence-electron chi connectivity index (χ0n) is 18.0. The average molecular weight is 369 g/mol. The van der Waals surface area contributed by atoms with Gasteiger partial charge in [-0.1, -0.05) is 90.9 Å². The smallest absolute Gasteiger partial charge is 0.327 e. The Balaban J connectivity index is 0. The highest BCUT2D eigenvalue weighted by Crippen LogP contribution is 2.21. The molecule has 0 heterocycles. The second-order valence-corrected chi connectivity index (χ2v) is 8.13. The van der Waals surface area contributed by atoms with E-state index in [1.54, 1.807) is 0 Å². The van der Waals surface area contributed by atoms with Crippen LogP contribution in [0.25, 0.3) is 0 Å². The molecule has 2 N–H and O–H groups in total. The van der Waals surface area contributed by atoms with Gasteiger partial charge in [0, 0.05) is 6.08 Å². The summed E-state index contributed by atoms with van der Waals surface area (Å²) in [6.45, 7) is 14.7. The first kappa shape index (κ1) is 27.1. The van der Waals surface area contributed by atoms with Crippen LogP contribution in [0.3, 0.4) is 0 Å². The molecule has 3 nitrogen and oxygen atoms in total. The minimum atomic E-state index is -0.981. The molecule has 0 saturated heterocycles. The van der Waals surface area contributed by atoms with Gasteiger partial charge in [0.15, 0.2) is 0 Å². The number of allylic oxidation sites excluding steroid dienone is 1. The lowest BCUT2D eigenvalue weighted by molar-refractivity contribution is -0.131. The van der Waals surface area contributed by atoms with Crippen LogP contribution in [0.2, 0.25) is 0 Å². The van der Waals surface area contributed by atoms with Crippen molar-refractivity contribution >= 4 is 5.97 Å². The molecule has 2 unspecified atom stereocenters. The Hall–Kier alpha value is -1.09. The van der Waals surface area contributed by atoms with Gasteiger partial charge in [-0.2, -0.15) is 0 Å². The molecule has 2 atom stereocenters. The number of hydrogen-bond donors (Lipinski definition) is 2. The van der Waals surface area contributed by atoms with Crippen molar-refractivity contribution in [3.63, 3.8) is 0 Å². The van der Waals surface area contributed by atoms with Crippen molar-refractivity contribution in [2.24, 2.45) is 17.8 Å². The van der Waals surface area contributed by atoms with Crippen LogP contribution in [0, 0.1) is 17.8 Å². The van der Waals surface area contributed by atoms with E-state index >= 15 is 0 Å². The highest BCUT2D eigenvalue weighted by molar-refractivity contribution is 5.78. The van der Waals surface area contributed by atoms with Crippen LogP contribution in [-0.4, -0.2) is 22.8 Å². The minimum absolute atomic E-state index is 0.191. The lowest BCUT2D eigenvalue weighted by Crippen LogP contribution is -2.00. The quantitative estimate of drug-likeness (QED) is 0.267. The number of hydrogen-bond acceptors (Lipinski definition) is 2. The van der Waals surface area contributed by atoms with Crippen LogP contribution in [0.1, 0.15) is 92.4 Å². The minimum Gasteiger partial charge on any atom is -0.478 e.